The molecule has 0 aliphatic heterocycles. The number of aromatic nitrogens is 2. The number of hydrogen-bond donors (Lipinski definition) is 0. The van der Waals surface area contributed by atoms with Gasteiger partial charge in [-0.2, -0.15) is 0 Å². The van der Waals surface area contributed by atoms with Crippen molar-refractivity contribution >= 4 is 28.4 Å². The third kappa shape index (κ3) is 4.50. The number of rotatable bonds is 7. The fourth-order valence-corrected chi connectivity index (χ4v) is 4.22. The largest absolute Gasteiger partial charge is 0.459 e. The molecule has 1 unspecified atom stereocenters. The first-order valence-electron chi connectivity index (χ1n) is 11.4. The number of carbonyl (C=O) groups excluding carboxylic acids is 1. The van der Waals surface area contributed by atoms with Crippen LogP contribution in [0.25, 0.3) is 16.6 Å². The second-order valence-electron chi connectivity index (χ2n) is 8.85. The van der Waals surface area contributed by atoms with Gasteiger partial charge in [0.15, 0.2) is 5.76 Å². The molecular weight excluding hydrogens is 450 g/mol. The smallest absolute Gasteiger partial charge is 0.290 e. The molecule has 176 valence electrons. The first-order chi connectivity index (χ1) is 16.3. The Morgan fingerprint density at radius 2 is 1.85 bits per heavy atom. The quantitative estimate of drug-likeness (QED) is 0.318. The lowest BCUT2D eigenvalue weighted by atomic mass is 10.1. The number of hydrogen-bond acceptors (Lipinski definition) is 4. The molecular formula is C27H28ClN3O3. The highest BCUT2D eigenvalue weighted by Gasteiger charge is 2.29. The third-order valence-electron chi connectivity index (χ3n) is 6.06. The van der Waals surface area contributed by atoms with Crippen LogP contribution in [0.2, 0.25) is 5.02 Å². The molecule has 2 aromatic carbocycles. The molecule has 0 aliphatic carbocycles. The van der Waals surface area contributed by atoms with Crippen LogP contribution >= 0.6 is 11.6 Å². The van der Waals surface area contributed by atoms with Crippen molar-refractivity contribution in [3.63, 3.8) is 0 Å². The van der Waals surface area contributed by atoms with E-state index in [1.54, 1.807) is 33.7 Å². The lowest BCUT2D eigenvalue weighted by Crippen LogP contribution is -2.38. The van der Waals surface area contributed by atoms with Gasteiger partial charge in [0.2, 0.25) is 0 Å². The normalized spacial score (nSPS) is 12.3. The van der Waals surface area contributed by atoms with Crippen LogP contribution < -0.4 is 5.56 Å². The van der Waals surface area contributed by atoms with Crippen LogP contribution in [0.5, 0.6) is 0 Å². The van der Waals surface area contributed by atoms with Gasteiger partial charge in [-0.05, 0) is 68.1 Å². The maximum Gasteiger partial charge on any atom is 0.290 e. The molecule has 34 heavy (non-hydrogen) atoms. The van der Waals surface area contributed by atoms with E-state index in [9.17, 15) is 9.59 Å². The van der Waals surface area contributed by atoms with E-state index in [0.717, 1.165) is 12.0 Å². The minimum Gasteiger partial charge on any atom is -0.459 e. The van der Waals surface area contributed by atoms with Crippen LogP contribution in [0.3, 0.4) is 0 Å². The number of halogens is 1. The predicted octanol–water partition coefficient (Wildman–Crippen LogP) is 6.19. The summed E-state index contributed by atoms with van der Waals surface area (Å²) in [5.41, 5.74) is 1.79. The van der Waals surface area contributed by atoms with E-state index in [0.29, 0.717) is 39.9 Å². The average Bonchev–Trinajstić information content (AvgIpc) is 3.36. The zero-order valence-corrected chi connectivity index (χ0v) is 20.5. The Hall–Kier alpha value is -3.38. The van der Waals surface area contributed by atoms with Crippen molar-refractivity contribution in [2.45, 2.75) is 40.2 Å². The molecule has 1 atom stereocenters. The topological polar surface area (TPSA) is 68.3 Å². The number of furan rings is 1. The molecule has 2 heterocycles. The molecule has 0 N–H and O–H groups in total. The maximum absolute atomic E-state index is 13.8. The van der Waals surface area contributed by atoms with Crippen LogP contribution in [-0.4, -0.2) is 26.9 Å². The Morgan fingerprint density at radius 3 is 2.56 bits per heavy atom. The van der Waals surface area contributed by atoms with E-state index < -0.39 is 6.04 Å². The van der Waals surface area contributed by atoms with Crippen molar-refractivity contribution in [2.75, 3.05) is 6.54 Å². The van der Waals surface area contributed by atoms with Gasteiger partial charge in [-0.3, -0.25) is 14.2 Å². The number of carbonyl (C=O) groups is 1. The molecule has 0 saturated heterocycles. The summed E-state index contributed by atoms with van der Waals surface area (Å²) < 4.78 is 7.00. The van der Waals surface area contributed by atoms with Crippen LogP contribution in [0.15, 0.2) is 70.1 Å². The fraction of sp³-hybridized carbons (Fsp3) is 0.296. The van der Waals surface area contributed by atoms with Crippen LogP contribution in [0, 0.1) is 12.8 Å². The lowest BCUT2D eigenvalue weighted by Gasteiger charge is -2.31. The van der Waals surface area contributed by atoms with Gasteiger partial charge in [-0.25, -0.2) is 4.98 Å². The third-order valence-corrected chi connectivity index (χ3v) is 6.47. The predicted molar refractivity (Wildman–Crippen MR) is 135 cm³/mol. The van der Waals surface area contributed by atoms with Crippen LogP contribution in [0.4, 0.5) is 0 Å². The highest BCUT2D eigenvalue weighted by atomic mass is 35.5. The molecule has 1 amide bonds. The molecule has 2 aromatic heterocycles. The minimum atomic E-state index is -0.507. The van der Waals surface area contributed by atoms with E-state index in [1.807, 2.05) is 44.2 Å². The second kappa shape index (κ2) is 9.85. The van der Waals surface area contributed by atoms with Crippen LogP contribution in [0.1, 0.15) is 55.2 Å². The summed E-state index contributed by atoms with van der Waals surface area (Å²) in [6.07, 6.45) is 2.28. The Labute approximate surface area is 203 Å². The van der Waals surface area contributed by atoms with Gasteiger partial charge in [0, 0.05) is 11.6 Å². The molecule has 6 nitrogen and oxygen atoms in total. The minimum absolute atomic E-state index is 0.202. The highest BCUT2D eigenvalue weighted by molar-refractivity contribution is 6.31. The number of amides is 1. The van der Waals surface area contributed by atoms with Crippen molar-refractivity contribution in [1.29, 1.82) is 0 Å². The van der Waals surface area contributed by atoms with Crippen molar-refractivity contribution in [3.8, 4) is 5.69 Å². The lowest BCUT2D eigenvalue weighted by molar-refractivity contribution is 0.0638. The first kappa shape index (κ1) is 23.8. The SMILES string of the molecule is Cc1c(Cl)cccc1-n1c(C(C)N(CCC(C)C)C(=O)c2ccco2)nc2ccccc2c1=O. The van der Waals surface area contributed by atoms with Gasteiger partial charge in [-0.15, -0.1) is 0 Å². The van der Waals surface area contributed by atoms with Gasteiger partial charge in [0.1, 0.15) is 5.82 Å². The molecule has 0 spiro atoms. The number of nitrogens with zero attached hydrogens (tertiary/aromatic N) is 3. The summed E-state index contributed by atoms with van der Waals surface area (Å²) in [7, 11) is 0. The number of benzene rings is 2. The average molecular weight is 478 g/mol. The molecule has 0 fully saturated rings. The molecule has 0 radical (unpaired) electrons. The molecule has 0 aliphatic rings. The number of fused-ring (bicyclic) bond motifs is 1. The summed E-state index contributed by atoms with van der Waals surface area (Å²) in [6, 6.07) is 15.5. The van der Waals surface area contributed by atoms with Gasteiger partial charge >= 0.3 is 0 Å². The zero-order valence-electron chi connectivity index (χ0n) is 19.8. The Bertz CT molecular complexity index is 1380. The van der Waals surface area contributed by atoms with E-state index in [2.05, 4.69) is 13.8 Å². The highest BCUT2D eigenvalue weighted by Crippen LogP contribution is 2.28. The number of para-hydroxylation sites is 1. The van der Waals surface area contributed by atoms with Crippen molar-refractivity contribution in [3.05, 3.63) is 93.4 Å². The molecule has 4 aromatic rings. The van der Waals surface area contributed by atoms with Gasteiger partial charge in [0.25, 0.3) is 11.5 Å². The van der Waals surface area contributed by atoms with E-state index in [4.69, 9.17) is 21.0 Å². The van der Waals surface area contributed by atoms with Gasteiger partial charge < -0.3 is 9.32 Å². The summed E-state index contributed by atoms with van der Waals surface area (Å²) in [5, 5.41) is 1.06. The maximum atomic E-state index is 13.8. The van der Waals surface area contributed by atoms with Crippen molar-refractivity contribution in [1.82, 2.24) is 14.5 Å². The summed E-state index contributed by atoms with van der Waals surface area (Å²) >= 11 is 6.42. The molecule has 4 rings (SSSR count). The summed E-state index contributed by atoms with van der Waals surface area (Å²) in [6.45, 7) is 8.49. The Balaban J connectivity index is 1.94. The van der Waals surface area contributed by atoms with Gasteiger partial charge in [0.05, 0.1) is 28.9 Å². The van der Waals surface area contributed by atoms with Gasteiger partial charge in [-0.1, -0.05) is 43.6 Å². The zero-order chi connectivity index (χ0) is 24.4. The van der Waals surface area contributed by atoms with E-state index >= 15 is 0 Å². The van der Waals surface area contributed by atoms with Crippen molar-refractivity contribution < 1.29 is 9.21 Å². The fourth-order valence-electron chi connectivity index (χ4n) is 4.05. The van der Waals surface area contributed by atoms with E-state index in [-0.39, 0.29) is 17.2 Å². The first-order valence-corrected chi connectivity index (χ1v) is 11.8. The Morgan fingerprint density at radius 1 is 1.09 bits per heavy atom. The van der Waals surface area contributed by atoms with Crippen LogP contribution in [-0.2, 0) is 0 Å². The molecule has 0 saturated carbocycles. The van der Waals surface area contributed by atoms with E-state index in [1.165, 1.54) is 6.26 Å². The molecule has 0 bridgehead atoms. The second-order valence-corrected chi connectivity index (χ2v) is 9.25. The Kier molecular flexibility index (Phi) is 6.89. The standard InChI is InChI=1S/C27H28ClN3O3/c1-17(2)14-15-30(27(33)24-13-8-16-34-24)19(4)25-29-22-11-6-5-9-20(22)26(32)31(25)23-12-7-10-21(28)18(23)3/h5-13,16-17,19H,14-15H2,1-4H3. The molecule has 7 heteroatoms. The monoisotopic (exact) mass is 477 g/mol. The summed E-state index contributed by atoms with van der Waals surface area (Å²) in [5.74, 6) is 0.873. The summed E-state index contributed by atoms with van der Waals surface area (Å²) in [4.78, 5) is 33.8. The van der Waals surface area contributed by atoms with Crippen molar-refractivity contribution in [2.24, 2.45) is 5.92 Å².